The number of Topliss-reactive ketones (excluding diaryl/α,β-unsaturated/α-hetero) is 1. The summed E-state index contributed by atoms with van der Waals surface area (Å²) in [4.78, 5) is 12.2. The van der Waals surface area contributed by atoms with Gasteiger partial charge in [-0.15, -0.1) is 0 Å². The second kappa shape index (κ2) is 6.06. The zero-order chi connectivity index (χ0) is 14.7. The molecule has 0 amide bonds. The van der Waals surface area contributed by atoms with Crippen molar-refractivity contribution in [3.8, 4) is 5.75 Å². The van der Waals surface area contributed by atoms with E-state index in [1.807, 2.05) is 6.92 Å². The molecule has 0 aliphatic rings. The third kappa shape index (κ3) is 2.99. The summed E-state index contributed by atoms with van der Waals surface area (Å²) in [6.07, 6.45) is -0.0498. The first-order valence-electron chi connectivity index (χ1n) is 6.13. The number of aryl methyl sites for hydroxylation is 1. The van der Waals surface area contributed by atoms with Crippen molar-refractivity contribution in [1.29, 1.82) is 0 Å². The van der Waals surface area contributed by atoms with E-state index in [2.05, 4.69) is 0 Å². The van der Waals surface area contributed by atoms with Gasteiger partial charge in [-0.05, 0) is 36.2 Å². The highest BCUT2D eigenvalue weighted by Crippen LogP contribution is 2.23. The van der Waals surface area contributed by atoms with Crippen molar-refractivity contribution >= 4 is 17.4 Å². The van der Waals surface area contributed by atoms with Crippen molar-refractivity contribution in [1.82, 2.24) is 0 Å². The second-order valence-corrected chi connectivity index (χ2v) is 4.92. The monoisotopic (exact) mass is 292 g/mol. The van der Waals surface area contributed by atoms with E-state index < -0.39 is 5.82 Å². The van der Waals surface area contributed by atoms with Crippen LogP contribution in [0, 0.1) is 12.7 Å². The standard InChI is InChI=1S/C16H14ClFO2/c1-10-6-7-12(13(17)8-10)14(19)9-11-4-3-5-15(20-2)16(11)18/h3-8H,9H2,1-2H3. The molecule has 0 bridgehead atoms. The molecule has 0 spiro atoms. The molecule has 2 rings (SSSR count). The fraction of sp³-hybridized carbons (Fsp3) is 0.188. The van der Waals surface area contributed by atoms with Crippen LogP contribution in [-0.4, -0.2) is 12.9 Å². The van der Waals surface area contributed by atoms with Crippen LogP contribution in [0.3, 0.4) is 0 Å². The third-order valence-corrected chi connectivity index (χ3v) is 3.35. The molecule has 0 fully saturated rings. The first-order valence-corrected chi connectivity index (χ1v) is 6.51. The number of benzene rings is 2. The number of hydrogen-bond acceptors (Lipinski definition) is 2. The van der Waals surface area contributed by atoms with Crippen LogP contribution in [0.5, 0.6) is 5.75 Å². The van der Waals surface area contributed by atoms with Gasteiger partial charge >= 0.3 is 0 Å². The van der Waals surface area contributed by atoms with Crippen LogP contribution >= 0.6 is 11.6 Å². The summed E-state index contributed by atoms with van der Waals surface area (Å²) in [6, 6.07) is 9.93. The summed E-state index contributed by atoms with van der Waals surface area (Å²) in [5.74, 6) is -0.598. The van der Waals surface area contributed by atoms with Crippen molar-refractivity contribution in [3.05, 3.63) is 63.9 Å². The van der Waals surface area contributed by atoms with Crippen LogP contribution in [0.25, 0.3) is 0 Å². The molecule has 0 aliphatic carbocycles. The maximum absolute atomic E-state index is 14.0. The SMILES string of the molecule is COc1cccc(CC(=O)c2ccc(C)cc2Cl)c1F. The van der Waals surface area contributed by atoms with Crippen LogP contribution < -0.4 is 4.74 Å². The van der Waals surface area contributed by atoms with Crippen LogP contribution in [0.4, 0.5) is 4.39 Å². The zero-order valence-electron chi connectivity index (χ0n) is 11.2. The number of carbonyl (C=O) groups excluding carboxylic acids is 1. The Morgan fingerprint density at radius 2 is 2.05 bits per heavy atom. The number of methoxy groups -OCH3 is 1. The molecule has 2 aromatic rings. The minimum Gasteiger partial charge on any atom is -0.494 e. The van der Waals surface area contributed by atoms with Crippen molar-refractivity contribution in [3.63, 3.8) is 0 Å². The van der Waals surface area contributed by atoms with E-state index in [4.69, 9.17) is 16.3 Å². The fourth-order valence-electron chi connectivity index (χ4n) is 1.96. The molecule has 0 unspecified atom stereocenters. The molecule has 104 valence electrons. The fourth-order valence-corrected chi connectivity index (χ4v) is 2.31. The van der Waals surface area contributed by atoms with Crippen molar-refractivity contribution in [2.75, 3.05) is 7.11 Å². The smallest absolute Gasteiger partial charge is 0.168 e. The molecule has 20 heavy (non-hydrogen) atoms. The summed E-state index contributed by atoms with van der Waals surface area (Å²) in [5.41, 5.74) is 1.67. The van der Waals surface area contributed by atoms with E-state index in [9.17, 15) is 9.18 Å². The molecule has 0 aliphatic heterocycles. The lowest BCUT2D eigenvalue weighted by molar-refractivity contribution is 0.0992. The van der Waals surface area contributed by atoms with Gasteiger partial charge in [0.2, 0.25) is 0 Å². The molecule has 0 aromatic heterocycles. The van der Waals surface area contributed by atoms with Gasteiger partial charge in [-0.2, -0.15) is 0 Å². The predicted molar refractivity (Wildman–Crippen MR) is 77.2 cm³/mol. The highest BCUT2D eigenvalue weighted by Gasteiger charge is 2.15. The molecule has 0 saturated carbocycles. The topological polar surface area (TPSA) is 26.3 Å². The normalized spacial score (nSPS) is 10.4. The molecule has 4 heteroatoms. The Hall–Kier alpha value is -1.87. The highest BCUT2D eigenvalue weighted by atomic mass is 35.5. The van der Waals surface area contributed by atoms with E-state index >= 15 is 0 Å². The van der Waals surface area contributed by atoms with E-state index in [0.717, 1.165) is 5.56 Å². The van der Waals surface area contributed by atoms with Crippen molar-refractivity contribution in [2.45, 2.75) is 13.3 Å². The van der Waals surface area contributed by atoms with Crippen LogP contribution in [0.15, 0.2) is 36.4 Å². The molecule has 0 saturated heterocycles. The Balaban J connectivity index is 2.28. The molecule has 2 nitrogen and oxygen atoms in total. The average molecular weight is 293 g/mol. The molecular weight excluding hydrogens is 279 g/mol. The lowest BCUT2D eigenvalue weighted by atomic mass is 10.0. The van der Waals surface area contributed by atoms with Crippen LogP contribution in [-0.2, 0) is 6.42 Å². The van der Waals surface area contributed by atoms with Gasteiger partial charge < -0.3 is 4.74 Å². The van der Waals surface area contributed by atoms with Gasteiger partial charge in [-0.25, -0.2) is 4.39 Å². The molecule has 0 heterocycles. The van der Waals surface area contributed by atoms with Gasteiger partial charge in [-0.1, -0.05) is 29.8 Å². The molecular formula is C16H14ClFO2. The van der Waals surface area contributed by atoms with E-state index in [1.165, 1.54) is 13.2 Å². The lowest BCUT2D eigenvalue weighted by Crippen LogP contribution is -2.06. The second-order valence-electron chi connectivity index (χ2n) is 4.52. The Morgan fingerprint density at radius 1 is 1.30 bits per heavy atom. The van der Waals surface area contributed by atoms with Gasteiger partial charge in [0.1, 0.15) is 0 Å². The molecule has 0 N–H and O–H groups in total. The van der Waals surface area contributed by atoms with Crippen molar-refractivity contribution < 1.29 is 13.9 Å². The Bertz CT molecular complexity index is 653. The minimum absolute atomic E-state index is 0.0498. The first-order chi connectivity index (χ1) is 9.52. The van der Waals surface area contributed by atoms with E-state index in [0.29, 0.717) is 16.1 Å². The van der Waals surface area contributed by atoms with Gasteiger partial charge in [0, 0.05) is 12.0 Å². The zero-order valence-corrected chi connectivity index (χ0v) is 12.0. The van der Waals surface area contributed by atoms with Crippen LogP contribution in [0.1, 0.15) is 21.5 Å². The molecule has 0 radical (unpaired) electrons. The van der Waals surface area contributed by atoms with E-state index in [1.54, 1.807) is 30.3 Å². The number of ketones is 1. The number of rotatable bonds is 4. The Morgan fingerprint density at radius 3 is 2.70 bits per heavy atom. The number of ether oxygens (including phenoxy) is 1. The van der Waals surface area contributed by atoms with Crippen LogP contribution in [0.2, 0.25) is 5.02 Å². The maximum Gasteiger partial charge on any atom is 0.168 e. The minimum atomic E-state index is -0.508. The van der Waals surface area contributed by atoms with Gasteiger partial charge in [0.05, 0.1) is 12.1 Å². The predicted octanol–water partition coefficient (Wildman–Crippen LogP) is 4.22. The number of hydrogen-bond donors (Lipinski definition) is 0. The third-order valence-electron chi connectivity index (χ3n) is 3.04. The Kier molecular flexibility index (Phi) is 4.40. The maximum atomic E-state index is 14.0. The summed E-state index contributed by atoms with van der Waals surface area (Å²) in [6.45, 7) is 1.89. The van der Waals surface area contributed by atoms with E-state index in [-0.39, 0.29) is 18.0 Å². The quantitative estimate of drug-likeness (QED) is 0.789. The lowest BCUT2D eigenvalue weighted by Gasteiger charge is -2.08. The van der Waals surface area contributed by atoms with Gasteiger partial charge in [-0.3, -0.25) is 4.79 Å². The molecule has 2 aromatic carbocycles. The highest BCUT2D eigenvalue weighted by molar-refractivity contribution is 6.34. The van der Waals surface area contributed by atoms with Gasteiger partial charge in [0.25, 0.3) is 0 Å². The first kappa shape index (κ1) is 14.5. The number of halogens is 2. The molecule has 0 atom stereocenters. The number of carbonyl (C=O) groups is 1. The summed E-state index contributed by atoms with van der Waals surface area (Å²) in [7, 11) is 1.39. The average Bonchev–Trinajstić information content (AvgIpc) is 2.41. The van der Waals surface area contributed by atoms with Crippen molar-refractivity contribution in [2.24, 2.45) is 0 Å². The Labute approximate surface area is 122 Å². The summed E-state index contributed by atoms with van der Waals surface area (Å²) in [5, 5.41) is 0.387. The summed E-state index contributed by atoms with van der Waals surface area (Å²) >= 11 is 6.05. The largest absolute Gasteiger partial charge is 0.494 e. The van der Waals surface area contributed by atoms with Gasteiger partial charge in [0.15, 0.2) is 17.3 Å². The summed E-state index contributed by atoms with van der Waals surface area (Å²) < 4.78 is 18.9.